The fraction of sp³-hybridized carbons (Fsp3) is 0.722. The maximum atomic E-state index is 6.31. The number of rotatable bonds is 5. The molecule has 2 rings (SSSR count). The molecule has 0 spiro atoms. The molecule has 1 N–H and O–H groups in total. The Morgan fingerprint density at radius 1 is 1.24 bits per heavy atom. The van der Waals surface area contributed by atoms with Crippen LogP contribution in [0, 0.1) is 25.7 Å². The van der Waals surface area contributed by atoms with Crippen molar-refractivity contribution in [2.24, 2.45) is 11.8 Å². The molecule has 0 radical (unpaired) electrons. The van der Waals surface area contributed by atoms with Crippen LogP contribution >= 0.6 is 0 Å². The number of nitrogens with one attached hydrogen (secondary N) is 1. The van der Waals surface area contributed by atoms with Crippen LogP contribution in [0.5, 0.6) is 5.88 Å². The molecule has 3 heteroatoms. The van der Waals surface area contributed by atoms with E-state index in [2.05, 4.69) is 44.1 Å². The molecule has 0 saturated heterocycles. The topological polar surface area (TPSA) is 34.2 Å². The van der Waals surface area contributed by atoms with Crippen LogP contribution in [0.15, 0.2) is 6.07 Å². The summed E-state index contributed by atoms with van der Waals surface area (Å²) in [6.07, 6.45) is 3.89. The molecule has 0 amide bonds. The Hall–Kier alpha value is -1.09. The minimum atomic E-state index is 0.324. The van der Waals surface area contributed by atoms with Crippen molar-refractivity contribution in [2.75, 3.05) is 6.54 Å². The van der Waals surface area contributed by atoms with Crippen LogP contribution in [0.2, 0.25) is 0 Å². The first-order valence-corrected chi connectivity index (χ1v) is 8.35. The van der Waals surface area contributed by atoms with E-state index in [0.717, 1.165) is 49.3 Å². The second-order valence-corrected chi connectivity index (χ2v) is 6.65. The molecular formula is C18H30N2O. The van der Waals surface area contributed by atoms with Gasteiger partial charge in [0.1, 0.15) is 6.10 Å². The Balaban J connectivity index is 2.14. The van der Waals surface area contributed by atoms with Gasteiger partial charge in [-0.2, -0.15) is 0 Å². The van der Waals surface area contributed by atoms with Crippen molar-refractivity contribution in [3.05, 3.63) is 22.9 Å². The van der Waals surface area contributed by atoms with E-state index in [4.69, 9.17) is 4.74 Å². The van der Waals surface area contributed by atoms with Crippen LogP contribution in [0.25, 0.3) is 0 Å². The van der Waals surface area contributed by atoms with Gasteiger partial charge in [0.05, 0.1) is 0 Å². The number of pyridine rings is 1. The summed E-state index contributed by atoms with van der Waals surface area (Å²) in [7, 11) is 0. The first-order chi connectivity index (χ1) is 10.0. The van der Waals surface area contributed by atoms with E-state index in [0.29, 0.717) is 6.10 Å². The Bertz CT molecular complexity index is 473. The maximum absolute atomic E-state index is 6.31. The van der Waals surface area contributed by atoms with Crippen LogP contribution in [0.3, 0.4) is 0 Å². The summed E-state index contributed by atoms with van der Waals surface area (Å²) in [4.78, 5) is 4.66. The predicted molar refractivity (Wildman–Crippen MR) is 87.7 cm³/mol. The fourth-order valence-electron chi connectivity index (χ4n) is 3.15. The average Bonchev–Trinajstić information content (AvgIpc) is 2.42. The monoisotopic (exact) mass is 290 g/mol. The number of nitrogens with zero attached hydrogens (tertiary/aromatic N) is 1. The van der Waals surface area contributed by atoms with Crippen molar-refractivity contribution < 1.29 is 4.74 Å². The second kappa shape index (κ2) is 7.26. The van der Waals surface area contributed by atoms with E-state index in [9.17, 15) is 0 Å². The highest BCUT2D eigenvalue weighted by Gasteiger charge is 2.26. The van der Waals surface area contributed by atoms with Gasteiger partial charge in [-0.15, -0.1) is 0 Å². The van der Waals surface area contributed by atoms with Crippen molar-refractivity contribution in [2.45, 2.75) is 66.5 Å². The lowest BCUT2D eigenvalue weighted by molar-refractivity contribution is 0.0951. The lowest BCUT2D eigenvalue weighted by Crippen LogP contribution is -2.29. The van der Waals surface area contributed by atoms with Gasteiger partial charge in [0.15, 0.2) is 0 Å². The van der Waals surface area contributed by atoms with Gasteiger partial charge >= 0.3 is 0 Å². The van der Waals surface area contributed by atoms with E-state index in [1.807, 2.05) is 6.92 Å². The quantitative estimate of drug-likeness (QED) is 0.889. The summed E-state index contributed by atoms with van der Waals surface area (Å²) in [5.41, 5.74) is 3.53. The van der Waals surface area contributed by atoms with E-state index in [-0.39, 0.29) is 0 Å². The van der Waals surface area contributed by atoms with Gasteiger partial charge in [-0.1, -0.05) is 20.8 Å². The molecule has 1 aromatic rings. The maximum Gasteiger partial charge on any atom is 0.218 e. The lowest BCUT2D eigenvalue weighted by atomic mass is 9.80. The third-order valence-corrected chi connectivity index (χ3v) is 4.82. The normalized spacial score (nSPS) is 25.9. The average molecular weight is 290 g/mol. The largest absolute Gasteiger partial charge is 0.474 e. The summed E-state index contributed by atoms with van der Waals surface area (Å²) < 4.78 is 6.31. The molecule has 1 fully saturated rings. The van der Waals surface area contributed by atoms with E-state index in [1.54, 1.807) is 0 Å². The van der Waals surface area contributed by atoms with E-state index >= 15 is 0 Å². The summed E-state index contributed by atoms with van der Waals surface area (Å²) in [6.45, 7) is 12.8. The first-order valence-electron chi connectivity index (χ1n) is 8.35. The molecule has 1 heterocycles. The Kier molecular flexibility index (Phi) is 5.63. The number of aryl methyl sites for hydroxylation is 2. The van der Waals surface area contributed by atoms with Crippen molar-refractivity contribution >= 4 is 0 Å². The minimum absolute atomic E-state index is 0.324. The van der Waals surface area contributed by atoms with E-state index in [1.165, 1.54) is 17.5 Å². The molecule has 3 atom stereocenters. The Labute approximate surface area is 129 Å². The van der Waals surface area contributed by atoms with Gasteiger partial charge in [0.25, 0.3) is 0 Å². The van der Waals surface area contributed by atoms with Crippen LogP contribution in [-0.4, -0.2) is 17.6 Å². The molecule has 1 aliphatic rings. The predicted octanol–water partition coefficient (Wildman–Crippen LogP) is 4.01. The molecule has 3 unspecified atom stereocenters. The lowest BCUT2D eigenvalue weighted by Gasteiger charge is -2.32. The van der Waals surface area contributed by atoms with Gasteiger partial charge in [-0.3, -0.25) is 0 Å². The molecule has 0 aromatic carbocycles. The molecule has 0 bridgehead atoms. The molecule has 21 heavy (non-hydrogen) atoms. The molecule has 0 aliphatic heterocycles. The van der Waals surface area contributed by atoms with Crippen LogP contribution in [0.1, 0.15) is 56.9 Å². The smallest absolute Gasteiger partial charge is 0.218 e. The SMILES string of the molecule is CCNCc1c(C)cc(C)nc1OC1CCC(C)C(C)C1. The number of hydrogen-bond donors (Lipinski definition) is 1. The highest BCUT2D eigenvalue weighted by molar-refractivity contribution is 5.36. The van der Waals surface area contributed by atoms with Crippen LogP contribution in [0.4, 0.5) is 0 Å². The third kappa shape index (κ3) is 4.19. The number of hydrogen-bond acceptors (Lipinski definition) is 3. The number of ether oxygens (including phenoxy) is 1. The van der Waals surface area contributed by atoms with Crippen LogP contribution < -0.4 is 10.1 Å². The van der Waals surface area contributed by atoms with Crippen molar-refractivity contribution in [1.82, 2.24) is 10.3 Å². The highest BCUT2D eigenvalue weighted by atomic mass is 16.5. The molecule has 1 aromatic heterocycles. The zero-order valence-electron chi connectivity index (χ0n) is 14.2. The van der Waals surface area contributed by atoms with Gasteiger partial charge < -0.3 is 10.1 Å². The third-order valence-electron chi connectivity index (χ3n) is 4.82. The van der Waals surface area contributed by atoms with Gasteiger partial charge in [0, 0.05) is 17.8 Å². The highest BCUT2D eigenvalue weighted by Crippen LogP contribution is 2.32. The zero-order chi connectivity index (χ0) is 15.4. The number of aromatic nitrogens is 1. The second-order valence-electron chi connectivity index (χ2n) is 6.65. The summed E-state index contributed by atoms with van der Waals surface area (Å²) in [5, 5.41) is 3.40. The Morgan fingerprint density at radius 3 is 2.67 bits per heavy atom. The summed E-state index contributed by atoms with van der Waals surface area (Å²) >= 11 is 0. The van der Waals surface area contributed by atoms with Crippen molar-refractivity contribution in [3.63, 3.8) is 0 Å². The molecule has 1 saturated carbocycles. The zero-order valence-corrected chi connectivity index (χ0v) is 14.2. The molecule has 3 nitrogen and oxygen atoms in total. The van der Waals surface area contributed by atoms with Gasteiger partial charge in [0.2, 0.25) is 5.88 Å². The Morgan fingerprint density at radius 2 is 2.00 bits per heavy atom. The van der Waals surface area contributed by atoms with Crippen LogP contribution in [-0.2, 0) is 6.54 Å². The van der Waals surface area contributed by atoms with E-state index < -0.39 is 0 Å². The molecule has 118 valence electrons. The molecular weight excluding hydrogens is 260 g/mol. The van der Waals surface area contributed by atoms with Gasteiger partial charge in [-0.25, -0.2) is 4.98 Å². The standard InChI is InChI=1S/C18H30N2O/c1-6-19-11-17-14(4)9-15(5)20-18(17)21-16-8-7-12(2)13(3)10-16/h9,12-13,16,19H,6-8,10-11H2,1-5H3. The molecule has 1 aliphatic carbocycles. The van der Waals surface area contributed by atoms with Crippen molar-refractivity contribution in [3.8, 4) is 5.88 Å². The summed E-state index contributed by atoms with van der Waals surface area (Å²) in [5.74, 6) is 2.41. The minimum Gasteiger partial charge on any atom is -0.474 e. The fourth-order valence-corrected chi connectivity index (χ4v) is 3.15. The van der Waals surface area contributed by atoms with Gasteiger partial charge in [-0.05, 0) is 63.1 Å². The first kappa shape index (κ1) is 16.3. The van der Waals surface area contributed by atoms with Crippen molar-refractivity contribution in [1.29, 1.82) is 0 Å². The summed E-state index contributed by atoms with van der Waals surface area (Å²) in [6, 6.07) is 2.14.